The summed E-state index contributed by atoms with van der Waals surface area (Å²) in [5.74, 6) is -0.0766. The highest BCUT2D eigenvalue weighted by molar-refractivity contribution is 5.94. The molecule has 1 aliphatic heterocycles. The molecule has 0 unspecified atom stereocenters. The Labute approximate surface area is 156 Å². The molecule has 0 bridgehead atoms. The number of anilines is 1. The first-order chi connectivity index (χ1) is 13.0. The summed E-state index contributed by atoms with van der Waals surface area (Å²) in [5, 5.41) is 3.22. The van der Waals surface area contributed by atoms with Crippen molar-refractivity contribution in [3.8, 4) is 0 Å². The first-order valence-corrected chi connectivity index (χ1v) is 8.87. The van der Waals surface area contributed by atoms with E-state index >= 15 is 0 Å². The maximum atomic E-state index is 13.5. The average molecular weight is 365 g/mol. The number of rotatable bonds is 3. The molecule has 1 N–H and O–H groups in total. The third-order valence-corrected chi connectivity index (χ3v) is 4.58. The number of benzene rings is 2. The van der Waals surface area contributed by atoms with Gasteiger partial charge in [0.2, 0.25) is 5.95 Å². The Balaban J connectivity index is 1.95. The lowest BCUT2D eigenvalue weighted by Crippen LogP contribution is -2.30. The zero-order valence-corrected chi connectivity index (χ0v) is 15.4. The molecular weight excluding hydrogens is 345 g/mol. The highest BCUT2D eigenvalue weighted by atomic mass is 19.1. The number of aromatic nitrogens is 2. The molecule has 0 saturated carbocycles. The Kier molecular flexibility index (Phi) is 4.18. The molecule has 1 aromatic heterocycles. The Morgan fingerprint density at radius 1 is 1.19 bits per heavy atom. The zero-order valence-electron chi connectivity index (χ0n) is 15.4. The molecule has 6 heteroatoms. The molecule has 0 aliphatic carbocycles. The number of hydrogen-bond acceptors (Lipinski definition) is 4. The molecule has 0 fully saturated rings. The quantitative estimate of drug-likeness (QED) is 0.698. The van der Waals surface area contributed by atoms with E-state index in [1.165, 1.54) is 12.1 Å². The lowest BCUT2D eigenvalue weighted by atomic mass is 9.95. The molecule has 3 aromatic rings. The van der Waals surface area contributed by atoms with Crippen LogP contribution in [0.4, 0.5) is 10.3 Å². The summed E-state index contributed by atoms with van der Waals surface area (Å²) >= 11 is 0. The van der Waals surface area contributed by atoms with E-state index in [0.29, 0.717) is 17.2 Å². The average Bonchev–Trinajstić information content (AvgIpc) is 2.98. The van der Waals surface area contributed by atoms with Crippen LogP contribution in [0, 0.1) is 5.82 Å². The number of nitrogens with one attached hydrogen (secondary N) is 1. The monoisotopic (exact) mass is 365 g/mol. The van der Waals surface area contributed by atoms with Crippen molar-refractivity contribution in [3.05, 3.63) is 71.2 Å². The van der Waals surface area contributed by atoms with E-state index in [9.17, 15) is 9.18 Å². The molecule has 138 valence electrons. The van der Waals surface area contributed by atoms with E-state index in [4.69, 9.17) is 4.74 Å². The van der Waals surface area contributed by atoms with Gasteiger partial charge in [0.1, 0.15) is 5.82 Å². The number of hydrogen-bond donors (Lipinski definition) is 1. The Morgan fingerprint density at radius 3 is 2.59 bits per heavy atom. The molecule has 2 aromatic carbocycles. The van der Waals surface area contributed by atoms with Crippen molar-refractivity contribution in [3.63, 3.8) is 0 Å². The number of carbonyl (C=O) groups excluding carboxylic acids is 1. The van der Waals surface area contributed by atoms with E-state index in [0.717, 1.165) is 16.6 Å². The topological polar surface area (TPSA) is 56.2 Å². The molecule has 0 saturated heterocycles. The Hall–Kier alpha value is -3.15. The van der Waals surface area contributed by atoms with Gasteiger partial charge in [0.15, 0.2) is 0 Å². The van der Waals surface area contributed by atoms with Crippen molar-refractivity contribution in [2.24, 2.45) is 0 Å². The SMILES string of the molecule is CC1=C(C(=O)OC(C)C)[C@@H](c2ccc(F)cc2)n2c(nc3ccccc32)N1. The van der Waals surface area contributed by atoms with Crippen LogP contribution in [0.1, 0.15) is 32.4 Å². The first-order valence-electron chi connectivity index (χ1n) is 8.87. The van der Waals surface area contributed by atoms with Gasteiger partial charge in [0, 0.05) is 5.70 Å². The number of imidazole rings is 1. The van der Waals surface area contributed by atoms with Gasteiger partial charge in [-0.2, -0.15) is 0 Å². The fourth-order valence-corrected chi connectivity index (χ4v) is 3.47. The predicted octanol–water partition coefficient (Wildman–Crippen LogP) is 4.42. The maximum Gasteiger partial charge on any atom is 0.338 e. The minimum Gasteiger partial charge on any atom is -0.459 e. The highest BCUT2D eigenvalue weighted by Gasteiger charge is 2.35. The number of ether oxygens (including phenoxy) is 1. The number of esters is 1. The van der Waals surface area contributed by atoms with Crippen molar-refractivity contribution < 1.29 is 13.9 Å². The van der Waals surface area contributed by atoms with Gasteiger partial charge in [0.25, 0.3) is 0 Å². The zero-order chi connectivity index (χ0) is 19.1. The summed E-state index contributed by atoms with van der Waals surface area (Å²) < 4.78 is 21.0. The van der Waals surface area contributed by atoms with Gasteiger partial charge in [-0.15, -0.1) is 0 Å². The van der Waals surface area contributed by atoms with E-state index in [1.54, 1.807) is 12.1 Å². The molecule has 0 radical (unpaired) electrons. The third-order valence-electron chi connectivity index (χ3n) is 4.58. The van der Waals surface area contributed by atoms with Crippen LogP contribution in [0.5, 0.6) is 0 Å². The number of carbonyl (C=O) groups is 1. The predicted molar refractivity (Wildman–Crippen MR) is 102 cm³/mol. The molecule has 0 amide bonds. The number of allylic oxidation sites excluding steroid dienone is 1. The fourth-order valence-electron chi connectivity index (χ4n) is 3.47. The van der Waals surface area contributed by atoms with E-state index in [2.05, 4.69) is 10.3 Å². The largest absolute Gasteiger partial charge is 0.459 e. The molecule has 0 spiro atoms. The van der Waals surface area contributed by atoms with Gasteiger partial charge in [0.05, 0.1) is 28.8 Å². The molecule has 1 aliphatic rings. The minimum absolute atomic E-state index is 0.243. The first kappa shape index (κ1) is 17.3. The van der Waals surface area contributed by atoms with Crippen LogP contribution in [0.25, 0.3) is 11.0 Å². The lowest BCUT2D eigenvalue weighted by molar-refractivity contribution is -0.143. The van der Waals surface area contributed by atoms with E-state index in [-0.39, 0.29) is 11.9 Å². The standard InChI is InChI=1S/C21H20FN3O2/c1-12(2)27-20(26)18-13(3)23-21-24-16-6-4-5-7-17(16)25(21)19(18)14-8-10-15(22)11-9-14/h4-12,19H,1-3H3,(H,23,24)/t19-/m1/s1. The number of halogens is 1. The molecule has 1 atom stereocenters. The van der Waals surface area contributed by atoms with Crippen LogP contribution in [-0.2, 0) is 9.53 Å². The Bertz CT molecular complexity index is 1050. The van der Waals surface area contributed by atoms with Gasteiger partial charge >= 0.3 is 5.97 Å². The second-order valence-electron chi connectivity index (χ2n) is 6.87. The number of para-hydroxylation sites is 2. The fraction of sp³-hybridized carbons (Fsp3) is 0.238. The highest BCUT2D eigenvalue weighted by Crippen LogP contribution is 2.39. The molecule has 2 heterocycles. The normalized spacial score (nSPS) is 16.4. The smallest absolute Gasteiger partial charge is 0.338 e. The van der Waals surface area contributed by atoms with Crippen LogP contribution in [0.2, 0.25) is 0 Å². The maximum absolute atomic E-state index is 13.5. The molecule has 4 rings (SSSR count). The van der Waals surface area contributed by atoms with Gasteiger partial charge in [-0.25, -0.2) is 14.2 Å². The van der Waals surface area contributed by atoms with Crippen LogP contribution >= 0.6 is 0 Å². The van der Waals surface area contributed by atoms with Crippen molar-refractivity contribution >= 4 is 23.0 Å². The molecular formula is C21H20FN3O2. The summed E-state index contributed by atoms with van der Waals surface area (Å²) in [6.45, 7) is 5.46. The second kappa shape index (κ2) is 6.54. The third kappa shape index (κ3) is 2.97. The lowest BCUT2D eigenvalue weighted by Gasteiger charge is -2.30. The number of fused-ring (bicyclic) bond motifs is 3. The Morgan fingerprint density at radius 2 is 1.89 bits per heavy atom. The van der Waals surface area contributed by atoms with Crippen LogP contribution in [0.15, 0.2) is 59.8 Å². The second-order valence-corrected chi connectivity index (χ2v) is 6.87. The van der Waals surface area contributed by atoms with E-state index in [1.807, 2.05) is 49.6 Å². The van der Waals surface area contributed by atoms with Gasteiger partial charge in [-0.05, 0) is 50.6 Å². The molecule has 27 heavy (non-hydrogen) atoms. The van der Waals surface area contributed by atoms with Gasteiger partial charge in [-0.3, -0.25) is 4.57 Å². The van der Waals surface area contributed by atoms with E-state index < -0.39 is 12.0 Å². The van der Waals surface area contributed by atoms with Crippen molar-refractivity contribution in [2.45, 2.75) is 32.9 Å². The summed E-state index contributed by atoms with van der Waals surface area (Å²) in [6.07, 6.45) is -0.243. The summed E-state index contributed by atoms with van der Waals surface area (Å²) in [7, 11) is 0. The van der Waals surface area contributed by atoms with Crippen LogP contribution < -0.4 is 5.32 Å². The minimum atomic E-state index is -0.458. The molecule has 5 nitrogen and oxygen atoms in total. The van der Waals surface area contributed by atoms with Gasteiger partial charge < -0.3 is 10.1 Å². The van der Waals surface area contributed by atoms with Crippen LogP contribution in [0.3, 0.4) is 0 Å². The van der Waals surface area contributed by atoms with Crippen molar-refractivity contribution in [2.75, 3.05) is 5.32 Å². The van der Waals surface area contributed by atoms with Crippen molar-refractivity contribution in [1.29, 1.82) is 0 Å². The summed E-state index contributed by atoms with van der Waals surface area (Å²) in [6, 6.07) is 13.5. The van der Waals surface area contributed by atoms with Crippen LogP contribution in [-0.4, -0.2) is 21.6 Å². The van der Waals surface area contributed by atoms with Crippen molar-refractivity contribution in [1.82, 2.24) is 9.55 Å². The summed E-state index contributed by atoms with van der Waals surface area (Å²) in [4.78, 5) is 17.6. The summed E-state index contributed by atoms with van der Waals surface area (Å²) in [5.41, 5.74) is 3.66. The number of nitrogens with zero attached hydrogens (tertiary/aromatic N) is 2. The van der Waals surface area contributed by atoms with Gasteiger partial charge in [-0.1, -0.05) is 24.3 Å².